The number of amides is 2. The predicted molar refractivity (Wildman–Crippen MR) is 52.1 cm³/mol. The van der Waals surface area contributed by atoms with Gasteiger partial charge >= 0.3 is 0 Å². The number of primary amides is 1. The molecule has 0 saturated carbocycles. The van der Waals surface area contributed by atoms with Crippen LogP contribution in [-0.2, 0) is 4.79 Å². The summed E-state index contributed by atoms with van der Waals surface area (Å²) >= 11 is 0. The molecule has 0 radical (unpaired) electrons. The van der Waals surface area contributed by atoms with Gasteiger partial charge in [-0.3, -0.25) is 14.6 Å². The molecule has 6 heteroatoms. The van der Waals surface area contributed by atoms with Gasteiger partial charge in [-0.15, -0.1) is 0 Å². The molecule has 0 aliphatic heterocycles. The summed E-state index contributed by atoms with van der Waals surface area (Å²) in [5.74, 6) is -1.31. The topological polar surface area (TPSA) is 96.5 Å². The van der Waals surface area contributed by atoms with Crippen LogP contribution in [0.4, 0.5) is 0 Å². The van der Waals surface area contributed by atoms with Gasteiger partial charge in [-0.05, 0) is 6.07 Å². The lowest BCUT2D eigenvalue weighted by Gasteiger charge is -2.15. The molecule has 1 rings (SSSR count). The largest absolute Gasteiger partial charge is 0.505 e. The van der Waals surface area contributed by atoms with Crippen molar-refractivity contribution in [2.24, 2.45) is 5.73 Å². The van der Waals surface area contributed by atoms with Gasteiger partial charge in [-0.25, -0.2) is 0 Å². The molecule has 0 fully saturated rings. The fourth-order valence-corrected chi connectivity index (χ4v) is 1.08. The van der Waals surface area contributed by atoms with Crippen LogP contribution in [0.2, 0.25) is 0 Å². The summed E-state index contributed by atoms with van der Waals surface area (Å²) in [6, 6.07) is 1.37. The van der Waals surface area contributed by atoms with Crippen molar-refractivity contribution in [2.75, 3.05) is 13.6 Å². The van der Waals surface area contributed by atoms with E-state index in [-0.39, 0.29) is 17.9 Å². The van der Waals surface area contributed by atoms with Crippen molar-refractivity contribution >= 4 is 11.8 Å². The number of pyridine rings is 1. The predicted octanol–water partition coefficient (Wildman–Crippen LogP) is -0.655. The highest BCUT2D eigenvalue weighted by atomic mass is 16.3. The van der Waals surface area contributed by atoms with E-state index in [1.165, 1.54) is 19.3 Å². The minimum absolute atomic E-state index is 0.0914. The fraction of sp³-hybridized carbons (Fsp3) is 0.222. The third-order valence-electron chi connectivity index (χ3n) is 1.77. The minimum atomic E-state index is -0.612. The second-order valence-electron chi connectivity index (χ2n) is 3.02. The molecule has 3 N–H and O–H groups in total. The highest BCUT2D eigenvalue weighted by molar-refractivity contribution is 5.98. The van der Waals surface area contributed by atoms with Crippen LogP contribution in [0.25, 0.3) is 0 Å². The maximum absolute atomic E-state index is 11.6. The molecule has 80 valence electrons. The van der Waals surface area contributed by atoms with Crippen molar-refractivity contribution in [3.63, 3.8) is 0 Å². The van der Waals surface area contributed by atoms with E-state index in [1.807, 2.05) is 0 Å². The number of carbonyl (C=O) groups excluding carboxylic acids is 2. The number of likely N-dealkylation sites (N-methyl/N-ethyl adjacent to an activating group) is 1. The minimum Gasteiger partial charge on any atom is -0.505 e. The summed E-state index contributed by atoms with van der Waals surface area (Å²) in [5, 5.41) is 9.34. The van der Waals surface area contributed by atoms with Gasteiger partial charge in [0.2, 0.25) is 5.91 Å². The Hall–Kier alpha value is -2.11. The Morgan fingerprint density at radius 2 is 2.27 bits per heavy atom. The Morgan fingerprint density at radius 3 is 2.80 bits per heavy atom. The van der Waals surface area contributed by atoms with Crippen LogP contribution >= 0.6 is 0 Å². The smallest absolute Gasteiger partial charge is 0.257 e. The molecular formula is C9H11N3O3. The number of nitrogens with two attached hydrogens (primary N) is 1. The third kappa shape index (κ3) is 2.67. The van der Waals surface area contributed by atoms with Gasteiger partial charge in [0.15, 0.2) is 0 Å². The van der Waals surface area contributed by atoms with E-state index < -0.39 is 11.8 Å². The summed E-state index contributed by atoms with van der Waals surface area (Å²) in [5.41, 5.74) is 5.03. The zero-order valence-corrected chi connectivity index (χ0v) is 8.17. The summed E-state index contributed by atoms with van der Waals surface area (Å²) < 4.78 is 0. The van der Waals surface area contributed by atoms with Gasteiger partial charge in [-0.1, -0.05) is 0 Å². The number of aromatic hydroxyl groups is 1. The molecule has 1 aromatic rings. The summed E-state index contributed by atoms with van der Waals surface area (Å²) in [7, 11) is 1.42. The molecule has 1 aromatic heterocycles. The van der Waals surface area contributed by atoms with Gasteiger partial charge < -0.3 is 15.7 Å². The van der Waals surface area contributed by atoms with Crippen LogP contribution < -0.4 is 5.73 Å². The first-order valence-electron chi connectivity index (χ1n) is 4.19. The summed E-state index contributed by atoms with van der Waals surface area (Å²) in [6.07, 6.45) is 2.54. The molecule has 0 aliphatic carbocycles. The molecule has 1 heterocycles. The van der Waals surface area contributed by atoms with Crippen molar-refractivity contribution in [1.29, 1.82) is 0 Å². The number of hydrogen-bond acceptors (Lipinski definition) is 4. The van der Waals surface area contributed by atoms with Crippen molar-refractivity contribution in [3.05, 3.63) is 24.0 Å². The van der Waals surface area contributed by atoms with E-state index in [0.29, 0.717) is 0 Å². The van der Waals surface area contributed by atoms with Crippen molar-refractivity contribution in [2.45, 2.75) is 0 Å². The molecule has 0 atom stereocenters. The Labute approximate surface area is 86.3 Å². The van der Waals surface area contributed by atoms with Crippen LogP contribution in [0.15, 0.2) is 18.5 Å². The Morgan fingerprint density at radius 1 is 1.60 bits per heavy atom. The van der Waals surface area contributed by atoms with E-state index in [1.54, 1.807) is 0 Å². The number of carbonyl (C=O) groups is 2. The standard InChI is InChI=1S/C9H11N3O3/c1-12(5-8(10)14)9(15)6-2-3-11-4-7(6)13/h2-4,13H,5H2,1H3,(H2,10,14). The SMILES string of the molecule is CN(CC(N)=O)C(=O)c1ccncc1O. The van der Waals surface area contributed by atoms with Crippen LogP contribution in [-0.4, -0.2) is 40.4 Å². The zero-order valence-electron chi connectivity index (χ0n) is 8.17. The lowest BCUT2D eigenvalue weighted by molar-refractivity contribution is -0.118. The highest BCUT2D eigenvalue weighted by Gasteiger charge is 2.16. The van der Waals surface area contributed by atoms with E-state index >= 15 is 0 Å². The van der Waals surface area contributed by atoms with E-state index in [4.69, 9.17) is 5.73 Å². The fourth-order valence-electron chi connectivity index (χ4n) is 1.08. The normalized spacial score (nSPS) is 9.67. The highest BCUT2D eigenvalue weighted by Crippen LogP contribution is 2.15. The van der Waals surface area contributed by atoms with Gasteiger partial charge in [0.25, 0.3) is 5.91 Å². The van der Waals surface area contributed by atoms with Gasteiger partial charge in [0.05, 0.1) is 18.3 Å². The molecule has 0 aromatic carbocycles. The van der Waals surface area contributed by atoms with Crippen LogP contribution in [0.5, 0.6) is 5.75 Å². The maximum Gasteiger partial charge on any atom is 0.257 e. The second-order valence-corrected chi connectivity index (χ2v) is 3.02. The lowest BCUT2D eigenvalue weighted by atomic mass is 10.2. The van der Waals surface area contributed by atoms with Gasteiger partial charge in [-0.2, -0.15) is 0 Å². The number of hydrogen-bond donors (Lipinski definition) is 2. The van der Waals surface area contributed by atoms with Crippen LogP contribution in [0.1, 0.15) is 10.4 Å². The van der Waals surface area contributed by atoms with Crippen LogP contribution in [0, 0.1) is 0 Å². The summed E-state index contributed by atoms with van der Waals surface area (Å²) in [6.45, 7) is -0.194. The van der Waals surface area contributed by atoms with Crippen molar-refractivity contribution in [3.8, 4) is 5.75 Å². The van der Waals surface area contributed by atoms with Crippen molar-refractivity contribution in [1.82, 2.24) is 9.88 Å². The first kappa shape index (κ1) is 11.0. The molecule has 6 nitrogen and oxygen atoms in total. The van der Waals surface area contributed by atoms with Gasteiger partial charge in [0.1, 0.15) is 5.75 Å². The molecular weight excluding hydrogens is 198 g/mol. The van der Waals surface area contributed by atoms with E-state index in [0.717, 1.165) is 11.1 Å². The zero-order chi connectivity index (χ0) is 11.4. The molecule has 0 saturated heterocycles. The Kier molecular flexibility index (Phi) is 3.22. The monoisotopic (exact) mass is 209 g/mol. The van der Waals surface area contributed by atoms with E-state index in [9.17, 15) is 14.7 Å². The molecule has 2 amide bonds. The number of aromatic nitrogens is 1. The summed E-state index contributed by atoms with van der Waals surface area (Å²) in [4.78, 5) is 27.0. The Balaban J connectivity index is 2.85. The molecule has 0 bridgehead atoms. The quantitative estimate of drug-likeness (QED) is 0.690. The second kappa shape index (κ2) is 4.41. The molecule has 0 aliphatic rings. The third-order valence-corrected chi connectivity index (χ3v) is 1.77. The number of nitrogens with zero attached hydrogens (tertiary/aromatic N) is 2. The average Bonchev–Trinajstić information content (AvgIpc) is 2.16. The number of rotatable bonds is 3. The lowest BCUT2D eigenvalue weighted by Crippen LogP contribution is -2.35. The van der Waals surface area contributed by atoms with Crippen LogP contribution in [0.3, 0.4) is 0 Å². The Bertz CT molecular complexity index is 392. The first-order valence-corrected chi connectivity index (χ1v) is 4.19. The first-order chi connectivity index (χ1) is 7.02. The molecule has 15 heavy (non-hydrogen) atoms. The maximum atomic E-state index is 11.6. The average molecular weight is 209 g/mol. The van der Waals surface area contributed by atoms with Crippen molar-refractivity contribution < 1.29 is 14.7 Å². The molecule has 0 unspecified atom stereocenters. The molecule has 0 spiro atoms. The van der Waals surface area contributed by atoms with Gasteiger partial charge in [0, 0.05) is 13.2 Å². The van der Waals surface area contributed by atoms with E-state index in [2.05, 4.69) is 4.98 Å².